The lowest BCUT2D eigenvalue weighted by Crippen LogP contribution is -2.21. The first-order valence-corrected chi connectivity index (χ1v) is 11.3. The molecule has 6 N–H and O–H groups in total. The van der Waals surface area contributed by atoms with E-state index in [1.165, 1.54) is 7.05 Å². The van der Waals surface area contributed by atoms with Gasteiger partial charge in [0.05, 0.1) is 22.7 Å². The molecule has 3 aromatic rings. The number of hydroxylamine groups is 1. The van der Waals surface area contributed by atoms with Crippen LogP contribution in [0.1, 0.15) is 45.8 Å². The van der Waals surface area contributed by atoms with Crippen molar-refractivity contribution in [2.45, 2.75) is 26.8 Å². The molecule has 4 rings (SSSR count). The van der Waals surface area contributed by atoms with E-state index in [9.17, 15) is 9.59 Å². The number of carbonyl (C=O) groups is 1. The van der Waals surface area contributed by atoms with Crippen molar-refractivity contribution < 1.29 is 14.4 Å². The number of rotatable bonds is 5. The molecular formula is C28H30N4O4. The maximum Gasteiger partial charge on any atom is 0.276 e. The normalized spacial score (nSPS) is 13.6. The van der Waals surface area contributed by atoms with E-state index in [0.717, 1.165) is 11.1 Å². The molecule has 1 atom stereocenters. The van der Waals surface area contributed by atoms with Gasteiger partial charge in [0, 0.05) is 22.4 Å². The van der Waals surface area contributed by atoms with Crippen LogP contribution in [0.4, 0.5) is 5.69 Å². The molecule has 1 aromatic heterocycles. The maximum absolute atomic E-state index is 13.3. The summed E-state index contributed by atoms with van der Waals surface area (Å²) in [5, 5.41) is 20.7. The van der Waals surface area contributed by atoms with Gasteiger partial charge < -0.3 is 20.9 Å². The number of hydrogen-bond acceptors (Lipinski definition) is 7. The molecular weight excluding hydrogens is 456 g/mol. The Hall–Kier alpha value is -4.27. The molecule has 1 aliphatic rings. The molecule has 1 amide bonds. The Kier molecular flexibility index (Phi) is 8.03. The number of anilines is 1. The highest BCUT2D eigenvalue weighted by molar-refractivity contribution is 6.12. The molecule has 0 spiro atoms. The Morgan fingerprint density at radius 3 is 2.53 bits per heavy atom. The highest BCUT2D eigenvalue weighted by Crippen LogP contribution is 2.32. The quantitative estimate of drug-likeness (QED) is 0.259. The van der Waals surface area contributed by atoms with Crippen LogP contribution in [-0.4, -0.2) is 23.9 Å². The number of fused-ring (bicyclic) bond motifs is 1. The Balaban J connectivity index is 0.00000176. The fourth-order valence-electron chi connectivity index (χ4n) is 4.08. The van der Waals surface area contributed by atoms with Crippen molar-refractivity contribution in [1.29, 1.82) is 5.41 Å². The second-order valence-electron chi connectivity index (χ2n) is 8.34. The molecule has 0 radical (unpaired) electrons. The van der Waals surface area contributed by atoms with Crippen LogP contribution in [0, 0.1) is 19.3 Å². The largest absolute Gasteiger partial charge is 0.455 e. The third-order valence-corrected chi connectivity index (χ3v) is 5.87. The van der Waals surface area contributed by atoms with E-state index in [2.05, 4.69) is 17.6 Å². The zero-order valence-electron chi connectivity index (χ0n) is 20.7. The first kappa shape index (κ1) is 26.3. The van der Waals surface area contributed by atoms with E-state index in [-0.39, 0.29) is 17.0 Å². The Morgan fingerprint density at radius 1 is 1.17 bits per heavy atom. The van der Waals surface area contributed by atoms with E-state index in [1.54, 1.807) is 61.0 Å². The summed E-state index contributed by atoms with van der Waals surface area (Å²) in [5.41, 5.74) is 10.9. The van der Waals surface area contributed by atoms with Gasteiger partial charge in [-0.2, -0.15) is 0 Å². The molecule has 1 heterocycles. The van der Waals surface area contributed by atoms with Crippen molar-refractivity contribution in [2.75, 3.05) is 12.4 Å². The second-order valence-corrected chi connectivity index (χ2v) is 8.34. The number of hydrogen-bond donors (Lipinski definition) is 5. The van der Waals surface area contributed by atoms with Crippen LogP contribution < -0.4 is 22.0 Å². The van der Waals surface area contributed by atoms with E-state index < -0.39 is 5.91 Å². The van der Waals surface area contributed by atoms with Gasteiger partial charge in [0.15, 0.2) is 5.43 Å². The summed E-state index contributed by atoms with van der Waals surface area (Å²) in [7, 11) is 1.50. The van der Waals surface area contributed by atoms with Crippen molar-refractivity contribution in [3.05, 3.63) is 105 Å². The van der Waals surface area contributed by atoms with Gasteiger partial charge in [-0.3, -0.25) is 14.8 Å². The molecule has 0 bridgehead atoms. The van der Waals surface area contributed by atoms with Crippen LogP contribution in [-0.2, 0) is 0 Å². The monoisotopic (exact) mass is 486 g/mol. The van der Waals surface area contributed by atoms with Crippen molar-refractivity contribution in [3.8, 4) is 0 Å². The smallest absolute Gasteiger partial charge is 0.276 e. The SMILES string of the molecule is C=C1C=C(c2oc3c(C(C)Nc4ccccc4C(=O)NO)cc(C)cc3c(=O)c2C)C=CC1=N.CN. The van der Waals surface area contributed by atoms with E-state index >= 15 is 0 Å². The van der Waals surface area contributed by atoms with Gasteiger partial charge in [0.25, 0.3) is 5.91 Å². The molecule has 2 aromatic carbocycles. The third-order valence-electron chi connectivity index (χ3n) is 5.87. The molecule has 186 valence electrons. The molecule has 0 saturated heterocycles. The third kappa shape index (κ3) is 5.05. The van der Waals surface area contributed by atoms with Crippen LogP contribution in [0.5, 0.6) is 0 Å². The number of carbonyl (C=O) groups excluding carboxylic acids is 1. The lowest BCUT2D eigenvalue weighted by atomic mass is 9.95. The lowest BCUT2D eigenvalue weighted by molar-refractivity contribution is 0.0707. The number of nitrogens with one attached hydrogen (secondary N) is 3. The van der Waals surface area contributed by atoms with Crippen molar-refractivity contribution in [1.82, 2.24) is 5.48 Å². The number of benzene rings is 2. The average Bonchev–Trinajstić information content (AvgIpc) is 2.88. The van der Waals surface area contributed by atoms with Gasteiger partial charge in [0.1, 0.15) is 11.3 Å². The number of allylic oxidation sites excluding steroid dienone is 5. The van der Waals surface area contributed by atoms with Crippen LogP contribution >= 0.6 is 0 Å². The minimum Gasteiger partial charge on any atom is -0.455 e. The van der Waals surface area contributed by atoms with Gasteiger partial charge in [-0.1, -0.05) is 24.8 Å². The molecule has 0 aliphatic heterocycles. The first-order chi connectivity index (χ1) is 17.2. The fraction of sp³-hybridized carbons (Fsp3) is 0.179. The van der Waals surface area contributed by atoms with E-state index in [1.807, 2.05) is 19.9 Å². The topological polar surface area (TPSA) is 141 Å². The van der Waals surface area contributed by atoms with Crippen molar-refractivity contribution >= 4 is 33.8 Å². The van der Waals surface area contributed by atoms with Crippen LogP contribution in [0.15, 0.2) is 76.0 Å². The van der Waals surface area contributed by atoms with Gasteiger partial charge in [0.2, 0.25) is 0 Å². The highest BCUT2D eigenvalue weighted by Gasteiger charge is 2.21. The second kappa shape index (κ2) is 11.0. The predicted octanol–water partition coefficient (Wildman–Crippen LogP) is 4.81. The molecule has 0 fully saturated rings. The molecule has 0 saturated carbocycles. The van der Waals surface area contributed by atoms with Gasteiger partial charge >= 0.3 is 0 Å². The van der Waals surface area contributed by atoms with Crippen LogP contribution in [0.25, 0.3) is 16.5 Å². The number of amides is 1. The van der Waals surface area contributed by atoms with E-state index in [4.69, 9.17) is 15.0 Å². The summed E-state index contributed by atoms with van der Waals surface area (Å²) in [6.45, 7) is 9.43. The van der Waals surface area contributed by atoms with Crippen LogP contribution in [0.2, 0.25) is 0 Å². The predicted molar refractivity (Wildman–Crippen MR) is 144 cm³/mol. The minimum atomic E-state index is -0.629. The zero-order valence-corrected chi connectivity index (χ0v) is 20.7. The average molecular weight is 487 g/mol. The zero-order chi connectivity index (χ0) is 26.6. The van der Waals surface area contributed by atoms with Gasteiger partial charge in [-0.15, -0.1) is 0 Å². The van der Waals surface area contributed by atoms with E-state index in [0.29, 0.717) is 44.8 Å². The molecule has 36 heavy (non-hydrogen) atoms. The Labute approximate surface area is 209 Å². The van der Waals surface area contributed by atoms with Gasteiger partial charge in [-0.25, -0.2) is 5.48 Å². The fourth-order valence-corrected chi connectivity index (χ4v) is 4.08. The number of aryl methyl sites for hydroxylation is 1. The summed E-state index contributed by atoms with van der Waals surface area (Å²) in [5.74, 6) is -0.199. The van der Waals surface area contributed by atoms with Crippen molar-refractivity contribution in [2.24, 2.45) is 5.73 Å². The summed E-state index contributed by atoms with van der Waals surface area (Å²) < 4.78 is 6.35. The standard InChI is InChI=1S/C27H25N3O4.CH5N/c1-14-11-20(17(4)29-23-8-6-5-7-19(23)27(32)30-33)26-21(12-14)24(31)16(3)25(34-26)18-9-10-22(28)15(2)13-18;1-2/h5-13,17,28-29,33H,2H2,1,3-4H3,(H,30,32);2H2,1H3. The summed E-state index contributed by atoms with van der Waals surface area (Å²) in [6.07, 6.45) is 5.11. The Morgan fingerprint density at radius 2 is 1.86 bits per heavy atom. The number of para-hydroxylation sites is 1. The highest BCUT2D eigenvalue weighted by atomic mass is 16.5. The molecule has 1 unspecified atom stereocenters. The summed E-state index contributed by atoms with van der Waals surface area (Å²) in [4.78, 5) is 25.4. The maximum atomic E-state index is 13.3. The lowest BCUT2D eigenvalue weighted by Gasteiger charge is -2.20. The van der Waals surface area contributed by atoms with Gasteiger partial charge in [-0.05, 0) is 75.4 Å². The minimum absolute atomic E-state index is 0.131. The Bertz CT molecular complexity index is 1480. The first-order valence-electron chi connectivity index (χ1n) is 11.3. The molecule has 1 aliphatic carbocycles. The van der Waals surface area contributed by atoms with Crippen LogP contribution in [0.3, 0.4) is 0 Å². The number of nitrogens with two attached hydrogens (primary N) is 1. The summed E-state index contributed by atoms with van der Waals surface area (Å²) in [6, 6.07) is 10.2. The molecule has 8 heteroatoms. The molecule has 8 nitrogen and oxygen atoms in total. The summed E-state index contributed by atoms with van der Waals surface area (Å²) >= 11 is 0. The van der Waals surface area contributed by atoms with Crippen molar-refractivity contribution in [3.63, 3.8) is 0 Å².